The van der Waals surface area contributed by atoms with Crippen LogP contribution in [0.4, 0.5) is 5.69 Å². The molecule has 0 atom stereocenters. The Kier molecular flexibility index (Phi) is 7.57. The second-order valence-corrected chi connectivity index (χ2v) is 11.7. The van der Waals surface area contributed by atoms with Gasteiger partial charge in [-0.05, 0) is 49.9 Å². The van der Waals surface area contributed by atoms with E-state index in [1.807, 2.05) is 55.1 Å². The monoisotopic (exact) mass is 512 g/mol. The summed E-state index contributed by atoms with van der Waals surface area (Å²) in [4.78, 5) is 20.5. The van der Waals surface area contributed by atoms with Crippen molar-refractivity contribution in [1.29, 1.82) is 0 Å². The number of halogens is 1. The van der Waals surface area contributed by atoms with E-state index in [-0.39, 0.29) is 5.91 Å². The summed E-state index contributed by atoms with van der Waals surface area (Å²) < 4.78 is 6.20. The summed E-state index contributed by atoms with van der Waals surface area (Å²) >= 11 is 9.90. The number of nitrogens with zero attached hydrogens (tertiary/aromatic N) is 2. The Labute approximate surface area is 214 Å². The molecule has 1 saturated carbocycles. The van der Waals surface area contributed by atoms with Crippen LogP contribution in [-0.2, 0) is 5.75 Å². The SMILES string of the molecule is Cc1ccc(N=C2SCCCN2C(=O)c2oc3ccccc3c2CSC2CCCCC2)cc1Cl. The summed E-state index contributed by atoms with van der Waals surface area (Å²) in [7, 11) is 0. The maximum Gasteiger partial charge on any atom is 0.295 e. The molecule has 2 heterocycles. The Morgan fingerprint density at radius 3 is 2.82 bits per heavy atom. The second-order valence-electron chi connectivity index (χ2n) is 8.96. The fraction of sp³-hybridized carbons (Fsp3) is 0.407. The molecule has 1 aliphatic carbocycles. The number of para-hydroxylation sites is 1. The fourth-order valence-corrected chi connectivity index (χ4v) is 7.06. The maximum atomic E-state index is 13.9. The lowest BCUT2D eigenvalue weighted by molar-refractivity contribution is 0.0820. The van der Waals surface area contributed by atoms with Crippen molar-refractivity contribution in [3.8, 4) is 0 Å². The van der Waals surface area contributed by atoms with Gasteiger partial charge in [0, 0.05) is 39.3 Å². The number of furan rings is 1. The average Bonchev–Trinajstić information content (AvgIpc) is 3.24. The predicted octanol–water partition coefficient (Wildman–Crippen LogP) is 8.23. The second kappa shape index (κ2) is 10.8. The smallest absolute Gasteiger partial charge is 0.295 e. The lowest BCUT2D eigenvalue weighted by Gasteiger charge is -2.27. The summed E-state index contributed by atoms with van der Waals surface area (Å²) in [6, 6.07) is 13.8. The van der Waals surface area contributed by atoms with E-state index in [1.165, 1.54) is 32.1 Å². The minimum absolute atomic E-state index is 0.0976. The van der Waals surface area contributed by atoms with Gasteiger partial charge in [-0.1, -0.05) is 66.9 Å². The van der Waals surface area contributed by atoms with Crippen molar-refractivity contribution in [2.75, 3.05) is 12.3 Å². The van der Waals surface area contributed by atoms with E-state index < -0.39 is 0 Å². The first-order valence-corrected chi connectivity index (χ1v) is 14.4. The Bertz CT molecular complexity index is 1220. The van der Waals surface area contributed by atoms with E-state index in [4.69, 9.17) is 21.0 Å². The number of carbonyl (C=O) groups excluding carboxylic acids is 1. The molecule has 2 aliphatic rings. The van der Waals surface area contributed by atoms with Crippen LogP contribution in [0.5, 0.6) is 0 Å². The van der Waals surface area contributed by atoms with E-state index in [0.29, 0.717) is 27.7 Å². The molecule has 2 aromatic carbocycles. The molecule has 1 saturated heterocycles. The summed E-state index contributed by atoms with van der Waals surface area (Å²) in [5.41, 5.74) is 3.57. The first-order valence-electron chi connectivity index (χ1n) is 12.0. The molecule has 3 aromatic rings. The van der Waals surface area contributed by atoms with Crippen LogP contribution in [0, 0.1) is 6.92 Å². The number of hydrogen-bond donors (Lipinski definition) is 0. The zero-order chi connectivity index (χ0) is 23.5. The van der Waals surface area contributed by atoms with Crippen molar-refractivity contribution in [3.05, 3.63) is 64.4 Å². The van der Waals surface area contributed by atoms with Crippen LogP contribution in [0.2, 0.25) is 5.02 Å². The third-order valence-electron chi connectivity index (χ3n) is 6.52. The molecule has 0 spiro atoms. The van der Waals surface area contributed by atoms with E-state index in [9.17, 15) is 4.79 Å². The number of thioether (sulfide) groups is 2. The molecule has 0 N–H and O–H groups in total. The molecule has 0 unspecified atom stereocenters. The van der Waals surface area contributed by atoms with Gasteiger partial charge in [0.2, 0.25) is 0 Å². The summed E-state index contributed by atoms with van der Waals surface area (Å²) in [5, 5.41) is 3.10. The first kappa shape index (κ1) is 23.8. The highest BCUT2D eigenvalue weighted by atomic mass is 35.5. The van der Waals surface area contributed by atoms with Gasteiger partial charge in [0.05, 0.1) is 5.69 Å². The number of carbonyl (C=O) groups is 1. The molecule has 7 heteroatoms. The highest BCUT2D eigenvalue weighted by Gasteiger charge is 2.30. The number of rotatable bonds is 5. The van der Waals surface area contributed by atoms with E-state index in [1.54, 1.807) is 16.7 Å². The number of aliphatic imine (C=N–C) groups is 1. The van der Waals surface area contributed by atoms with Gasteiger partial charge in [0.1, 0.15) is 5.58 Å². The highest BCUT2D eigenvalue weighted by molar-refractivity contribution is 8.13. The van der Waals surface area contributed by atoms with Gasteiger partial charge in [0.15, 0.2) is 10.9 Å². The quantitative estimate of drug-likeness (QED) is 0.345. The Morgan fingerprint density at radius 1 is 1.18 bits per heavy atom. The van der Waals surface area contributed by atoms with Crippen LogP contribution in [0.15, 0.2) is 51.9 Å². The van der Waals surface area contributed by atoms with Crippen molar-refractivity contribution >= 4 is 62.9 Å². The minimum Gasteiger partial charge on any atom is -0.451 e. The van der Waals surface area contributed by atoms with Crippen LogP contribution >= 0.6 is 35.1 Å². The van der Waals surface area contributed by atoms with Crippen molar-refractivity contribution < 1.29 is 9.21 Å². The third kappa shape index (κ3) is 5.19. The van der Waals surface area contributed by atoms with Crippen molar-refractivity contribution in [1.82, 2.24) is 4.90 Å². The number of hydrogen-bond acceptors (Lipinski definition) is 5. The number of amides is 1. The number of benzene rings is 2. The van der Waals surface area contributed by atoms with Gasteiger partial charge in [-0.3, -0.25) is 9.69 Å². The normalized spacial score (nSPS) is 18.6. The molecule has 2 fully saturated rings. The summed E-state index contributed by atoms with van der Waals surface area (Å²) in [6.45, 7) is 2.61. The molecular weight excluding hydrogens is 484 g/mol. The van der Waals surface area contributed by atoms with Crippen LogP contribution < -0.4 is 0 Å². The lowest BCUT2D eigenvalue weighted by Crippen LogP contribution is -2.39. The molecule has 1 aromatic heterocycles. The van der Waals surface area contributed by atoms with Crippen LogP contribution in [0.1, 0.15) is 60.2 Å². The van der Waals surface area contributed by atoms with Gasteiger partial charge in [-0.15, -0.1) is 0 Å². The molecule has 1 aliphatic heterocycles. The molecule has 34 heavy (non-hydrogen) atoms. The number of aryl methyl sites for hydroxylation is 1. The van der Waals surface area contributed by atoms with E-state index in [0.717, 1.165) is 45.7 Å². The molecule has 0 bridgehead atoms. The van der Waals surface area contributed by atoms with Gasteiger partial charge >= 0.3 is 0 Å². The fourth-order valence-electron chi connectivity index (χ4n) is 4.57. The zero-order valence-electron chi connectivity index (χ0n) is 19.4. The van der Waals surface area contributed by atoms with Crippen LogP contribution in [0.25, 0.3) is 11.0 Å². The number of fused-ring (bicyclic) bond motifs is 1. The standard InChI is InChI=1S/C27H29ClN2O2S2/c1-18-12-13-19(16-23(18)28)29-27-30(14-7-15-33-27)26(31)25-22(17-34-20-8-3-2-4-9-20)21-10-5-6-11-24(21)32-25/h5-6,10-13,16,20H,2-4,7-9,14-15,17H2,1H3. The lowest BCUT2D eigenvalue weighted by atomic mass is 10.0. The zero-order valence-corrected chi connectivity index (χ0v) is 21.8. The van der Waals surface area contributed by atoms with Crippen molar-refractivity contribution in [2.45, 2.75) is 56.5 Å². The maximum absolute atomic E-state index is 13.9. The summed E-state index contributed by atoms with van der Waals surface area (Å²) in [6.07, 6.45) is 7.42. The average molecular weight is 513 g/mol. The largest absolute Gasteiger partial charge is 0.451 e. The van der Waals surface area contributed by atoms with Crippen LogP contribution in [-0.4, -0.2) is 33.5 Å². The molecule has 5 rings (SSSR count). The number of amidine groups is 1. The third-order valence-corrected chi connectivity index (χ3v) is 9.39. The molecular formula is C27H29ClN2O2S2. The van der Waals surface area contributed by atoms with Crippen molar-refractivity contribution in [2.24, 2.45) is 4.99 Å². The van der Waals surface area contributed by atoms with Gasteiger partial charge in [-0.2, -0.15) is 11.8 Å². The predicted molar refractivity (Wildman–Crippen MR) is 146 cm³/mol. The molecule has 1 amide bonds. The molecule has 178 valence electrons. The molecule has 4 nitrogen and oxygen atoms in total. The Balaban J connectivity index is 1.46. The van der Waals surface area contributed by atoms with Gasteiger partial charge < -0.3 is 4.42 Å². The van der Waals surface area contributed by atoms with Crippen molar-refractivity contribution in [3.63, 3.8) is 0 Å². The van der Waals surface area contributed by atoms with Crippen LogP contribution in [0.3, 0.4) is 0 Å². The van der Waals surface area contributed by atoms with Gasteiger partial charge in [0.25, 0.3) is 5.91 Å². The van der Waals surface area contributed by atoms with Gasteiger partial charge in [-0.25, -0.2) is 4.99 Å². The minimum atomic E-state index is -0.0976. The Hall–Kier alpha value is -1.89. The topological polar surface area (TPSA) is 45.8 Å². The van der Waals surface area contributed by atoms with E-state index in [2.05, 4.69) is 6.07 Å². The summed E-state index contributed by atoms with van der Waals surface area (Å²) in [5.74, 6) is 2.09. The highest BCUT2D eigenvalue weighted by Crippen LogP contribution is 2.36. The first-order chi connectivity index (χ1) is 16.6. The Morgan fingerprint density at radius 2 is 2.00 bits per heavy atom. The van der Waals surface area contributed by atoms with E-state index >= 15 is 0 Å². The molecule has 0 radical (unpaired) electrons.